The van der Waals surface area contributed by atoms with Crippen LogP contribution in [0.2, 0.25) is 0 Å². The number of hydrogen-bond donors (Lipinski definition) is 1. The van der Waals surface area contributed by atoms with Crippen molar-refractivity contribution in [1.29, 1.82) is 0 Å². The molecule has 1 amide bonds. The lowest BCUT2D eigenvalue weighted by molar-refractivity contribution is -0.133. The molecule has 0 radical (unpaired) electrons. The minimum absolute atomic E-state index is 0. The van der Waals surface area contributed by atoms with E-state index < -0.39 is 0 Å². The van der Waals surface area contributed by atoms with Gasteiger partial charge < -0.3 is 10.6 Å². The highest BCUT2D eigenvalue weighted by molar-refractivity contribution is 5.85. The van der Waals surface area contributed by atoms with Crippen molar-refractivity contribution in [1.82, 2.24) is 9.80 Å². The number of amides is 1. The van der Waals surface area contributed by atoms with Crippen molar-refractivity contribution in [2.24, 2.45) is 23.5 Å². The molecule has 2 heterocycles. The molecule has 0 bridgehead atoms. The quantitative estimate of drug-likeness (QED) is 0.844. The van der Waals surface area contributed by atoms with Crippen LogP contribution in [0, 0.1) is 17.8 Å². The number of rotatable bonds is 2. The molecule has 0 aromatic carbocycles. The van der Waals surface area contributed by atoms with Crippen LogP contribution < -0.4 is 5.73 Å². The Balaban J connectivity index is 0.00000161. The van der Waals surface area contributed by atoms with Gasteiger partial charge in [-0.15, -0.1) is 12.4 Å². The Bertz CT molecular complexity index is 365. The van der Waals surface area contributed by atoms with Gasteiger partial charge in [0.15, 0.2) is 0 Å². The Morgan fingerprint density at radius 3 is 2.67 bits per heavy atom. The third kappa shape index (κ3) is 3.91. The summed E-state index contributed by atoms with van der Waals surface area (Å²) in [6.45, 7) is 6.92. The summed E-state index contributed by atoms with van der Waals surface area (Å²) in [5.74, 6) is 2.38. The van der Waals surface area contributed by atoms with Crippen molar-refractivity contribution in [2.45, 2.75) is 45.1 Å². The van der Waals surface area contributed by atoms with Gasteiger partial charge in [-0.3, -0.25) is 9.69 Å². The molecule has 3 rings (SSSR count). The number of carbonyl (C=O) groups is 1. The van der Waals surface area contributed by atoms with Gasteiger partial charge in [-0.2, -0.15) is 0 Å². The smallest absolute Gasteiger partial charge is 0.236 e. The maximum absolute atomic E-state index is 12.4. The van der Waals surface area contributed by atoms with Crippen LogP contribution >= 0.6 is 12.4 Å². The summed E-state index contributed by atoms with van der Waals surface area (Å²) in [7, 11) is 0. The summed E-state index contributed by atoms with van der Waals surface area (Å²) < 4.78 is 0. The largest absolute Gasteiger partial charge is 0.341 e. The average molecular weight is 316 g/mol. The Hall–Kier alpha value is -0.320. The molecule has 1 saturated carbocycles. The molecule has 2 saturated heterocycles. The van der Waals surface area contributed by atoms with Crippen molar-refractivity contribution in [3.05, 3.63) is 0 Å². The maximum Gasteiger partial charge on any atom is 0.236 e. The molecule has 21 heavy (non-hydrogen) atoms. The topological polar surface area (TPSA) is 49.6 Å². The van der Waals surface area contributed by atoms with Crippen molar-refractivity contribution in [3.8, 4) is 0 Å². The normalized spacial score (nSPS) is 37.0. The summed E-state index contributed by atoms with van der Waals surface area (Å²) >= 11 is 0. The van der Waals surface area contributed by atoms with Crippen LogP contribution in [0.25, 0.3) is 0 Å². The zero-order valence-electron chi connectivity index (χ0n) is 13.2. The molecule has 0 spiro atoms. The van der Waals surface area contributed by atoms with Crippen LogP contribution in [-0.2, 0) is 4.79 Å². The predicted octanol–water partition coefficient (Wildman–Crippen LogP) is 1.73. The number of halogens is 1. The van der Waals surface area contributed by atoms with Crippen molar-refractivity contribution < 1.29 is 4.79 Å². The molecule has 4 nitrogen and oxygen atoms in total. The van der Waals surface area contributed by atoms with Gasteiger partial charge in [0.25, 0.3) is 0 Å². The third-order valence-corrected chi connectivity index (χ3v) is 5.60. The van der Waals surface area contributed by atoms with E-state index in [1.807, 2.05) is 0 Å². The lowest BCUT2D eigenvalue weighted by Gasteiger charge is -2.32. The molecule has 4 atom stereocenters. The van der Waals surface area contributed by atoms with Gasteiger partial charge in [0, 0.05) is 32.2 Å². The first-order valence-electron chi connectivity index (χ1n) is 8.39. The van der Waals surface area contributed by atoms with Crippen LogP contribution in [0.1, 0.15) is 39.0 Å². The number of likely N-dealkylation sites (tertiary alicyclic amines) is 2. The van der Waals surface area contributed by atoms with Crippen molar-refractivity contribution in [3.63, 3.8) is 0 Å². The molecular formula is C16H30ClN3O. The van der Waals surface area contributed by atoms with Gasteiger partial charge in [0.2, 0.25) is 5.91 Å². The molecule has 0 aromatic heterocycles. The molecule has 5 heteroatoms. The molecule has 1 aliphatic carbocycles. The summed E-state index contributed by atoms with van der Waals surface area (Å²) in [5.41, 5.74) is 6.25. The molecular weight excluding hydrogens is 286 g/mol. The highest BCUT2D eigenvalue weighted by Crippen LogP contribution is 2.35. The molecule has 0 aromatic rings. The van der Waals surface area contributed by atoms with E-state index >= 15 is 0 Å². The van der Waals surface area contributed by atoms with Crippen LogP contribution in [0.15, 0.2) is 0 Å². The Morgan fingerprint density at radius 1 is 1.14 bits per heavy atom. The molecule has 4 unspecified atom stereocenters. The molecule has 122 valence electrons. The fraction of sp³-hybridized carbons (Fsp3) is 0.938. The number of fused-ring (bicyclic) bond motifs is 1. The highest BCUT2D eigenvalue weighted by Gasteiger charge is 2.39. The lowest BCUT2D eigenvalue weighted by atomic mass is 9.78. The lowest BCUT2D eigenvalue weighted by Crippen LogP contribution is -2.44. The minimum Gasteiger partial charge on any atom is -0.341 e. The van der Waals surface area contributed by atoms with Gasteiger partial charge in [0.05, 0.1) is 6.54 Å². The van der Waals surface area contributed by atoms with E-state index in [9.17, 15) is 4.79 Å². The predicted molar refractivity (Wildman–Crippen MR) is 87.5 cm³/mol. The Labute approximate surface area is 134 Å². The Morgan fingerprint density at radius 2 is 1.95 bits per heavy atom. The van der Waals surface area contributed by atoms with Gasteiger partial charge in [-0.1, -0.05) is 13.3 Å². The van der Waals surface area contributed by atoms with Crippen LogP contribution in [-0.4, -0.2) is 54.5 Å². The molecule has 3 fully saturated rings. The maximum atomic E-state index is 12.4. The van der Waals surface area contributed by atoms with Crippen LogP contribution in [0.5, 0.6) is 0 Å². The van der Waals surface area contributed by atoms with E-state index in [4.69, 9.17) is 5.73 Å². The minimum atomic E-state index is 0. The van der Waals surface area contributed by atoms with E-state index in [0.717, 1.165) is 32.1 Å². The van der Waals surface area contributed by atoms with Crippen LogP contribution in [0.4, 0.5) is 0 Å². The summed E-state index contributed by atoms with van der Waals surface area (Å²) in [4.78, 5) is 16.9. The fourth-order valence-electron chi connectivity index (χ4n) is 4.45. The number of piperidine rings is 1. The summed E-state index contributed by atoms with van der Waals surface area (Å²) in [6, 6.07) is 0.365. The average Bonchev–Trinajstić information content (AvgIpc) is 2.83. The van der Waals surface area contributed by atoms with Crippen LogP contribution in [0.3, 0.4) is 0 Å². The van der Waals surface area contributed by atoms with Gasteiger partial charge in [0.1, 0.15) is 0 Å². The molecule has 3 aliphatic rings. The zero-order valence-corrected chi connectivity index (χ0v) is 14.0. The second-order valence-electron chi connectivity index (χ2n) is 7.30. The van der Waals surface area contributed by atoms with Gasteiger partial charge in [-0.25, -0.2) is 0 Å². The molecule has 2 aliphatic heterocycles. The first kappa shape index (κ1) is 17.0. The van der Waals surface area contributed by atoms with E-state index in [-0.39, 0.29) is 12.4 Å². The molecule has 2 N–H and O–H groups in total. The van der Waals surface area contributed by atoms with Crippen molar-refractivity contribution in [2.75, 3.05) is 32.7 Å². The fourth-order valence-corrected chi connectivity index (χ4v) is 4.45. The summed E-state index contributed by atoms with van der Waals surface area (Å²) in [6.07, 6.45) is 6.19. The van der Waals surface area contributed by atoms with E-state index in [0.29, 0.717) is 30.3 Å². The Kier molecular flexibility index (Phi) is 5.92. The number of nitrogens with zero attached hydrogens (tertiary/aromatic N) is 2. The van der Waals surface area contributed by atoms with E-state index in [1.165, 1.54) is 32.1 Å². The second-order valence-corrected chi connectivity index (χ2v) is 7.30. The monoisotopic (exact) mass is 315 g/mol. The standard InChI is InChI=1S/C16H29N3O.ClH/c1-12-4-3-7-19(8-12)16(20)11-18-9-13-5-2-6-15(17)14(13)10-18;/h12-15H,2-11,17H2,1H3;1H. The van der Waals surface area contributed by atoms with E-state index in [2.05, 4.69) is 16.7 Å². The number of hydrogen-bond acceptors (Lipinski definition) is 3. The van der Waals surface area contributed by atoms with E-state index in [1.54, 1.807) is 0 Å². The van der Waals surface area contributed by atoms with Gasteiger partial charge >= 0.3 is 0 Å². The first-order valence-corrected chi connectivity index (χ1v) is 8.39. The van der Waals surface area contributed by atoms with Crippen molar-refractivity contribution >= 4 is 18.3 Å². The summed E-state index contributed by atoms with van der Waals surface area (Å²) in [5, 5.41) is 0. The SMILES string of the molecule is CC1CCCN(C(=O)CN2CC3CCCC(N)C3C2)C1.Cl. The number of carbonyl (C=O) groups excluding carboxylic acids is 1. The highest BCUT2D eigenvalue weighted by atomic mass is 35.5. The first-order chi connectivity index (χ1) is 9.63. The zero-order chi connectivity index (χ0) is 14.1. The second kappa shape index (κ2) is 7.30. The van der Waals surface area contributed by atoms with Gasteiger partial charge in [-0.05, 0) is 43.4 Å². The third-order valence-electron chi connectivity index (χ3n) is 5.60. The number of nitrogens with two attached hydrogens (primary N) is 1.